The number of piperidine rings is 2. The molecule has 1 N–H and O–H groups in total. The fourth-order valence-corrected chi connectivity index (χ4v) is 4.95. The standard InChI is InChI=1S/C24H26F3NO4/c25-24(26,27)32-21-11-9-17(10-12-21)13-23(30)14-19-7-4-8-20(15-23)28(19)22(29)31-16-18-5-2-1-3-6-18/h1-3,5-6,9-12,19-20,30H,4,7-8,13-16H2. The minimum atomic E-state index is -4.74. The van der Waals surface area contributed by atoms with Crippen molar-refractivity contribution in [1.82, 2.24) is 4.90 Å². The van der Waals surface area contributed by atoms with Gasteiger partial charge in [-0.1, -0.05) is 42.5 Å². The number of amides is 1. The Morgan fingerprint density at radius 3 is 2.22 bits per heavy atom. The maximum absolute atomic E-state index is 12.8. The van der Waals surface area contributed by atoms with E-state index in [-0.39, 0.29) is 30.5 Å². The lowest BCUT2D eigenvalue weighted by Crippen LogP contribution is -2.60. The molecule has 8 heteroatoms. The van der Waals surface area contributed by atoms with Gasteiger partial charge in [0.05, 0.1) is 5.60 Å². The first-order chi connectivity index (χ1) is 15.2. The minimum Gasteiger partial charge on any atom is -0.445 e. The fraction of sp³-hybridized carbons (Fsp3) is 0.458. The van der Waals surface area contributed by atoms with Crippen LogP contribution in [0.25, 0.3) is 0 Å². The Morgan fingerprint density at radius 2 is 1.62 bits per heavy atom. The predicted octanol–water partition coefficient (Wildman–Crippen LogP) is 5.21. The van der Waals surface area contributed by atoms with E-state index in [0.29, 0.717) is 19.3 Å². The zero-order valence-electron chi connectivity index (χ0n) is 17.6. The molecule has 2 aromatic rings. The van der Waals surface area contributed by atoms with Crippen molar-refractivity contribution in [3.63, 3.8) is 0 Å². The van der Waals surface area contributed by atoms with E-state index in [1.54, 1.807) is 4.90 Å². The summed E-state index contributed by atoms with van der Waals surface area (Å²) in [6.07, 6.45) is -1.42. The third kappa shape index (κ3) is 5.54. The molecule has 2 saturated heterocycles. The van der Waals surface area contributed by atoms with Crippen LogP contribution < -0.4 is 4.74 Å². The number of carbonyl (C=O) groups excluding carboxylic acids is 1. The van der Waals surface area contributed by atoms with Crippen LogP contribution in [0.1, 0.15) is 43.2 Å². The maximum Gasteiger partial charge on any atom is 0.573 e. The molecule has 2 atom stereocenters. The molecular formula is C24H26F3NO4. The van der Waals surface area contributed by atoms with Crippen LogP contribution in [0, 0.1) is 0 Å². The molecule has 1 amide bonds. The van der Waals surface area contributed by atoms with E-state index in [4.69, 9.17) is 4.74 Å². The molecule has 32 heavy (non-hydrogen) atoms. The second-order valence-corrected chi connectivity index (χ2v) is 8.69. The molecule has 172 valence electrons. The van der Waals surface area contributed by atoms with Crippen LogP contribution in [-0.4, -0.2) is 40.1 Å². The van der Waals surface area contributed by atoms with E-state index < -0.39 is 12.0 Å². The summed E-state index contributed by atoms with van der Waals surface area (Å²) in [5.74, 6) is -0.291. The molecule has 2 bridgehead atoms. The Bertz CT molecular complexity index is 903. The van der Waals surface area contributed by atoms with Gasteiger partial charge in [-0.2, -0.15) is 0 Å². The van der Waals surface area contributed by atoms with Crippen LogP contribution in [0.5, 0.6) is 5.75 Å². The Kier molecular flexibility index (Phi) is 6.33. The van der Waals surface area contributed by atoms with Gasteiger partial charge in [0.15, 0.2) is 0 Å². The molecule has 2 fully saturated rings. The molecule has 0 radical (unpaired) electrons. The number of hydrogen-bond donors (Lipinski definition) is 1. The number of aliphatic hydroxyl groups is 1. The molecule has 2 aliphatic heterocycles. The van der Waals surface area contributed by atoms with Gasteiger partial charge >= 0.3 is 12.5 Å². The molecule has 0 aliphatic carbocycles. The van der Waals surface area contributed by atoms with Gasteiger partial charge < -0.3 is 19.5 Å². The lowest BCUT2D eigenvalue weighted by atomic mass is 9.73. The van der Waals surface area contributed by atoms with Crippen LogP contribution in [0.15, 0.2) is 54.6 Å². The smallest absolute Gasteiger partial charge is 0.445 e. The van der Waals surface area contributed by atoms with Crippen molar-refractivity contribution in [3.8, 4) is 5.75 Å². The number of halogens is 3. The first-order valence-corrected chi connectivity index (χ1v) is 10.8. The summed E-state index contributed by atoms with van der Waals surface area (Å²) in [6.45, 7) is 0.201. The Labute approximate surface area is 184 Å². The number of nitrogens with zero attached hydrogens (tertiary/aromatic N) is 1. The van der Waals surface area contributed by atoms with Crippen LogP contribution in [0.3, 0.4) is 0 Å². The molecule has 0 aromatic heterocycles. The Balaban J connectivity index is 1.39. The number of benzene rings is 2. The molecule has 4 rings (SSSR count). The highest BCUT2D eigenvalue weighted by molar-refractivity contribution is 5.69. The van der Waals surface area contributed by atoms with E-state index in [1.807, 2.05) is 30.3 Å². The molecule has 2 unspecified atom stereocenters. The number of rotatable bonds is 5. The van der Waals surface area contributed by atoms with Crippen LogP contribution in [-0.2, 0) is 17.8 Å². The fourth-order valence-electron chi connectivity index (χ4n) is 4.95. The summed E-state index contributed by atoms with van der Waals surface area (Å²) in [7, 11) is 0. The number of alkyl halides is 3. The average molecular weight is 449 g/mol. The first-order valence-electron chi connectivity index (χ1n) is 10.8. The molecule has 5 nitrogen and oxygen atoms in total. The third-order valence-corrected chi connectivity index (χ3v) is 6.20. The zero-order chi connectivity index (χ0) is 22.8. The van der Waals surface area contributed by atoms with Crippen LogP contribution >= 0.6 is 0 Å². The highest BCUT2D eigenvalue weighted by Gasteiger charge is 2.47. The lowest BCUT2D eigenvalue weighted by molar-refractivity contribution is -0.274. The van der Waals surface area contributed by atoms with Gasteiger partial charge in [0, 0.05) is 18.5 Å². The summed E-state index contributed by atoms with van der Waals surface area (Å²) in [6, 6.07) is 14.8. The Hall–Kier alpha value is -2.74. The third-order valence-electron chi connectivity index (χ3n) is 6.20. The van der Waals surface area contributed by atoms with E-state index in [9.17, 15) is 23.1 Å². The quantitative estimate of drug-likeness (QED) is 0.681. The van der Waals surface area contributed by atoms with Crippen molar-refractivity contribution in [2.75, 3.05) is 0 Å². The van der Waals surface area contributed by atoms with Crippen molar-refractivity contribution in [2.24, 2.45) is 0 Å². The summed E-state index contributed by atoms with van der Waals surface area (Å²) < 4.78 is 46.5. The summed E-state index contributed by atoms with van der Waals surface area (Å²) in [4.78, 5) is 14.6. The molecule has 2 aliphatic rings. The largest absolute Gasteiger partial charge is 0.573 e. The second-order valence-electron chi connectivity index (χ2n) is 8.69. The topological polar surface area (TPSA) is 59.0 Å². The molecular weight excluding hydrogens is 423 g/mol. The van der Waals surface area contributed by atoms with E-state index in [0.717, 1.165) is 30.4 Å². The first kappa shape index (κ1) is 22.5. The second kappa shape index (κ2) is 9.02. The SMILES string of the molecule is O=C(OCc1ccccc1)N1C2CCCC1CC(O)(Cc1ccc(OC(F)(F)F)cc1)C2. The molecule has 2 aromatic carbocycles. The highest BCUT2D eigenvalue weighted by Crippen LogP contribution is 2.41. The van der Waals surface area contributed by atoms with Gasteiger partial charge in [-0.25, -0.2) is 4.79 Å². The van der Waals surface area contributed by atoms with Crippen molar-refractivity contribution in [1.29, 1.82) is 0 Å². The molecule has 0 spiro atoms. The van der Waals surface area contributed by atoms with E-state index in [2.05, 4.69) is 4.74 Å². The van der Waals surface area contributed by atoms with Crippen molar-refractivity contribution < 1.29 is 32.5 Å². The normalized spacial score (nSPS) is 25.3. The predicted molar refractivity (Wildman–Crippen MR) is 111 cm³/mol. The minimum absolute atomic E-state index is 0.122. The molecule has 2 heterocycles. The monoisotopic (exact) mass is 449 g/mol. The van der Waals surface area contributed by atoms with Gasteiger partial charge in [-0.3, -0.25) is 0 Å². The lowest BCUT2D eigenvalue weighted by Gasteiger charge is -2.51. The van der Waals surface area contributed by atoms with E-state index >= 15 is 0 Å². The van der Waals surface area contributed by atoms with Gasteiger partial charge in [0.25, 0.3) is 0 Å². The van der Waals surface area contributed by atoms with Crippen molar-refractivity contribution >= 4 is 6.09 Å². The van der Waals surface area contributed by atoms with Gasteiger partial charge in [0.2, 0.25) is 0 Å². The Morgan fingerprint density at radius 1 is 1.00 bits per heavy atom. The van der Waals surface area contributed by atoms with Crippen LogP contribution in [0.4, 0.5) is 18.0 Å². The molecule has 0 saturated carbocycles. The number of hydrogen-bond acceptors (Lipinski definition) is 4. The summed E-state index contributed by atoms with van der Waals surface area (Å²) in [5, 5.41) is 11.3. The number of carbonyl (C=O) groups is 1. The average Bonchev–Trinajstić information content (AvgIpc) is 2.72. The van der Waals surface area contributed by atoms with Crippen molar-refractivity contribution in [3.05, 3.63) is 65.7 Å². The van der Waals surface area contributed by atoms with Gasteiger partial charge in [-0.15, -0.1) is 13.2 Å². The highest BCUT2D eigenvalue weighted by atomic mass is 19.4. The summed E-state index contributed by atoms with van der Waals surface area (Å²) in [5.41, 5.74) is 0.607. The van der Waals surface area contributed by atoms with Gasteiger partial charge in [0.1, 0.15) is 12.4 Å². The van der Waals surface area contributed by atoms with E-state index in [1.165, 1.54) is 24.3 Å². The van der Waals surface area contributed by atoms with Gasteiger partial charge in [-0.05, 0) is 55.4 Å². The summed E-state index contributed by atoms with van der Waals surface area (Å²) >= 11 is 0. The maximum atomic E-state index is 12.8. The number of ether oxygens (including phenoxy) is 2. The number of fused-ring (bicyclic) bond motifs is 2. The van der Waals surface area contributed by atoms with Crippen molar-refractivity contribution in [2.45, 2.75) is 69.2 Å². The zero-order valence-corrected chi connectivity index (χ0v) is 17.6. The van der Waals surface area contributed by atoms with Crippen LogP contribution in [0.2, 0.25) is 0 Å².